The van der Waals surface area contributed by atoms with Crippen molar-refractivity contribution in [1.82, 2.24) is 5.32 Å². The quantitative estimate of drug-likeness (QED) is 0.740. The average Bonchev–Trinajstić information content (AvgIpc) is 3.20. The van der Waals surface area contributed by atoms with Crippen LogP contribution in [0.15, 0.2) is 29.2 Å². The monoisotopic (exact) mass is 325 g/mol. The molecule has 3 rings (SSSR count). The second kappa shape index (κ2) is 6.91. The van der Waals surface area contributed by atoms with Crippen molar-refractivity contribution in [3.8, 4) is 0 Å². The average molecular weight is 326 g/mol. The summed E-state index contributed by atoms with van der Waals surface area (Å²) in [5.74, 6) is 1.70. The van der Waals surface area contributed by atoms with Crippen LogP contribution in [0.4, 0.5) is 0 Å². The van der Waals surface area contributed by atoms with Gasteiger partial charge in [-0.25, -0.2) is 0 Å². The van der Waals surface area contributed by atoms with Gasteiger partial charge in [-0.1, -0.05) is 24.1 Å². The number of nitrogens with one attached hydrogen (secondary N) is 1. The third kappa shape index (κ3) is 3.95. The molecule has 0 amide bonds. The topological polar surface area (TPSA) is 32.3 Å². The number of benzene rings is 1. The molecule has 116 valence electrons. The smallest absolute Gasteiger partial charge is 0.0616 e. The van der Waals surface area contributed by atoms with Gasteiger partial charge < -0.3 is 10.4 Å². The predicted molar refractivity (Wildman–Crippen MR) is 90.1 cm³/mol. The van der Waals surface area contributed by atoms with E-state index in [-0.39, 0.29) is 12.1 Å². The third-order valence-electron chi connectivity index (χ3n) is 4.84. The van der Waals surface area contributed by atoms with E-state index >= 15 is 0 Å². The van der Waals surface area contributed by atoms with Gasteiger partial charge in [-0.2, -0.15) is 0 Å². The van der Waals surface area contributed by atoms with Gasteiger partial charge in [0.25, 0.3) is 0 Å². The van der Waals surface area contributed by atoms with Crippen LogP contribution in [-0.4, -0.2) is 29.0 Å². The molecule has 2 aliphatic rings. The van der Waals surface area contributed by atoms with Crippen LogP contribution in [0.3, 0.4) is 0 Å². The SMILES string of the molecule is OCC1(NC2CC2)CCCC1CCSc1cccc(Cl)c1. The normalized spacial score (nSPS) is 29.0. The first-order valence-electron chi connectivity index (χ1n) is 7.99. The molecule has 2 saturated carbocycles. The van der Waals surface area contributed by atoms with Gasteiger partial charge in [0.15, 0.2) is 0 Å². The number of thioether (sulfide) groups is 1. The Morgan fingerprint density at radius 3 is 2.90 bits per heavy atom. The summed E-state index contributed by atoms with van der Waals surface area (Å²) in [5.41, 5.74) is -0.00391. The Bertz CT molecular complexity index is 480. The molecule has 4 heteroatoms. The highest BCUT2D eigenvalue weighted by molar-refractivity contribution is 7.99. The zero-order chi connectivity index (χ0) is 14.7. The summed E-state index contributed by atoms with van der Waals surface area (Å²) in [6, 6.07) is 8.74. The molecule has 1 aromatic rings. The second-order valence-electron chi connectivity index (χ2n) is 6.42. The Morgan fingerprint density at radius 2 is 2.19 bits per heavy atom. The van der Waals surface area contributed by atoms with Crippen LogP contribution in [-0.2, 0) is 0 Å². The largest absolute Gasteiger partial charge is 0.394 e. The fourth-order valence-electron chi connectivity index (χ4n) is 3.52. The van der Waals surface area contributed by atoms with Gasteiger partial charge in [-0.05, 0) is 62.0 Å². The standard InChI is InChI=1S/C17H24ClNOS/c18-14-4-1-5-16(11-14)21-10-8-13-3-2-9-17(13,12-20)19-15-6-7-15/h1,4-5,11,13,15,19-20H,2-3,6-10,12H2. The molecule has 0 saturated heterocycles. The third-order valence-corrected chi connectivity index (χ3v) is 6.10. The molecule has 2 unspecified atom stereocenters. The minimum Gasteiger partial charge on any atom is -0.394 e. The van der Waals surface area contributed by atoms with E-state index in [0.29, 0.717) is 12.0 Å². The second-order valence-corrected chi connectivity index (χ2v) is 8.02. The number of aliphatic hydroxyl groups excluding tert-OH is 1. The summed E-state index contributed by atoms with van der Waals surface area (Å²) in [6.45, 7) is 0.288. The fraction of sp³-hybridized carbons (Fsp3) is 0.647. The van der Waals surface area contributed by atoms with Crippen molar-refractivity contribution in [3.63, 3.8) is 0 Å². The highest BCUT2D eigenvalue weighted by Crippen LogP contribution is 2.41. The number of hydrogen-bond acceptors (Lipinski definition) is 3. The van der Waals surface area contributed by atoms with E-state index in [1.807, 2.05) is 30.0 Å². The van der Waals surface area contributed by atoms with Crippen LogP contribution in [0, 0.1) is 5.92 Å². The molecule has 0 aromatic heterocycles. The molecule has 2 aliphatic carbocycles. The summed E-state index contributed by atoms with van der Waals surface area (Å²) in [6.07, 6.45) is 7.35. The van der Waals surface area contributed by atoms with Gasteiger partial charge in [-0.15, -0.1) is 11.8 Å². The first-order chi connectivity index (χ1) is 10.2. The Balaban J connectivity index is 1.53. The molecule has 1 aromatic carbocycles. The lowest BCUT2D eigenvalue weighted by Gasteiger charge is -2.35. The molecule has 0 spiro atoms. The van der Waals surface area contributed by atoms with Crippen molar-refractivity contribution in [2.75, 3.05) is 12.4 Å². The van der Waals surface area contributed by atoms with E-state index in [2.05, 4.69) is 11.4 Å². The fourth-order valence-corrected chi connectivity index (χ4v) is 4.80. The molecular formula is C17H24ClNOS. The summed E-state index contributed by atoms with van der Waals surface area (Å²) in [5, 5.41) is 14.5. The Hall–Kier alpha value is -0.220. The minimum atomic E-state index is -0.00391. The Kier molecular flexibility index (Phi) is 5.15. The van der Waals surface area contributed by atoms with Crippen LogP contribution >= 0.6 is 23.4 Å². The zero-order valence-corrected chi connectivity index (χ0v) is 13.9. The van der Waals surface area contributed by atoms with Crippen molar-refractivity contribution in [1.29, 1.82) is 0 Å². The highest BCUT2D eigenvalue weighted by atomic mass is 35.5. The van der Waals surface area contributed by atoms with Gasteiger partial charge in [0.05, 0.1) is 6.61 Å². The van der Waals surface area contributed by atoms with Gasteiger partial charge in [-0.3, -0.25) is 0 Å². The summed E-state index contributed by atoms with van der Waals surface area (Å²) >= 11 is 7.90. The Labute approximate surface area is 136 Å². The zero-order valence-electron chi connectivity index (χ0n) is 12.4. The number of halogens is 1. The van der Waals surface area contributed by atoms with E-state index in [1.54, 1.807) is 0 Å². The van der Waals surface area contributed by atoms with Gasteiger partial charge in [0.2, 0.25) is 0 Å². The first-order valence-corrected chi connectivity index (χ1v) is 9.35. The lowest BCUT2D eigenvalue weighted by Crippen LogP contribution is -2.52. The molecule has 0 aliphatic heterocycles. The van der Waals surface area contributed by atoms with E-state index in [1.165, 1.54) is 30.6 Å². The van der Waals surface area contributed by atoms with Crippen LogP contribution in [0.25, 0.3) is 0 Å². The van der Waals surface area contributed by atoms with Gasteiger partial charge in [0.1, 0.15) is 0 Å². The van der Waals surface area contributed by atoms with E-state index in [9.17, 15) is 5.11 Å². The van der Waals surface area contributed by atoms with Crippen molar-refractivity contribution >= 4 is 23.4 Å². The molecule has 0 heterocycles. The Morgan fingerprint density at radius 1 is 1.33 bits per heavy atom. The maximum Gasteiger partial charge on any atom is 0.0616 e. The first kappa shape index (κ1) is 15.7. The van der Waals surface area contributed by atoms with Crippen molar-refractivity contribution < 1.29 is 5.11 Å². The van der Waals surface area contributed by atoms with E-state index in [0.717, 1.165) is 23.6 Å². The summed E-state index contributed by atoms with van der Waals surface area (Å²) in [4.78, 5) is 1.24. The summed E-state index contributed by atoms with van der Waals surface area (Å²) in [7, 11) is 0. The highest BCUT2D eigenvalue weighted by Gasteiger charge is 2.44. The maximum absolute atomic E-state index is 9.93. The van der Waals surface area contributed by atoms with Gasteiger partial charge >= 0.3 is 0 Å². The predicted octanol–water partition coefficient (Wildman–Crippen LogP) is 4.11. The van der Waals surface area contributed by atoms with Gasteiger partial charge in [0, 0.05) is 21.5 Å². The molecule has 2 nitrogen and oxygen atoms in total. The number of hydrogen-bond donors (Lipinski definition) is 2. The molecule has 2 N–H and O–H groups in total. The van der Waals surface area contributed by atoms with E-state index in [4.69, 9.17) is 11.6 Å². The molecule has 2 atom stereocenters. The number of rotatable bonds is 7. The lowest BCUT2D eigenvalue weighted by molar-refractivity contribution is 0.120. The van der Waals surface area contributed by atoms with Crippen LogP contribution in [0.5, 0.6) is 0 Å². The van der Waals surface area contributed by atoms with Crippen molar-refractivity contribution in [3.05, 3.63) is 29.3 Å². The van der Waals surface area contributed by atoms with E-state index < -0.39 is 0 Å². The van der Waals surface area contributed by atoms with Crippen LogP contribution in [0.1, 0.15) is 38.5 Å². The molecule has 0 radical (unpaired) electrons. The maximum atomic E-state index is 9.93. The molecule has 2 fully saturated rings. The van der Waals surface area contributed by atoms with Crippen molar-refractivity contribution in [2.45, 2.75) is 55.0 Å². The van der Waals surface area contributed by atoms with Crippen molar-refractivity contribution in [2.24, 2.45) is 5.92 Å². The van der Waals surface area contributed by atoms with Crippen LogP contribution < -0.4 is 5.32 Å². The summed E-state index contributed by atoms with van der Waals surface area (Å²) < 4.78 is 0. The lowest BCUT2D eigenvalue weighted by atomic mass is 9.85. The molecular weight excluding hydrogens is 302 g/mol. The molecule has 21 heavy (non-hydrogen) atoms. The number of aliphatic hydroxyl groups is 1. The molecule has 0 bridgehead atoms. The van der Waals surface area contributed by atoms with Crippen LogP contribution in [0.2, 0.25) is 5.02 Å². The minimum absolute atomic E-state index is 0.00391.